The highest BCUT2D eigenvalue weighted by Crippen LogP contribution is 2.34. The number of nitrogens with zero attached hydrogens (tertiary/aromatic N) is 2. The zero-order chi connectivity index (χ0) is 15.1. The van der Waals surface area contributed by atoms with Crippen LogP contribution >= 0.6 is 38.9 Å². The van der Waals surface area contributed by atoms with E-state index in [2.05, 4.69) is 25.1 Å². The number of allylic oxidation sites excluding steroid dienone is 1. The molecule has 0 N–H and O–H groups in total. The molecule has 0 aromatic carbocycles. The van der Waals surface area contributed by atoms with Crippen molar-refractivity contribution in [1.29, 1.82) is 0 Å². The number of ether oxygens (including phenoxy) is 1. The Morgan fingerprint density at radius 1 is 1.55 bits per heavy atom. The molecule has 2 rings (SSSR count). The van der Waals surface area contributed by atoms with Gasteiger partial charge < -0.3 is 4.74 Å². The van der Waals surface area contributed by atoms with Crippen molar-refractivity contribution >= 4 is 60.8 Å². The van der Waals surface area contributed by atoms with Gasteiger partial charge >= 0.3 is 16.2 Å². The minimum Gasteiger partial charge on any atom is -0.464 e. The number of carbonyl (C=O) groups excluding carboxylic acids is 1. The van der Waals surface area contributed by atoms with Gasteiger partial charge in [0.05, 0.1) is 26.5 Å². The molecule has 0 aliphatic carbocycles. The third-order valence-electron chi connectivity index (χ3n) is 2.46. The summed E-state index contributed by atoms with van der Waals surface area (Å²) >= 11 is 10.4. The predicted molar refractivity (Wildman–Crippen MR) is 80.3 cm³/mol. The van der Waals surface area contributed by atoms with Crippen LogP contribution in [0.5, 0.6) is 0 Å². The van der Waals surface area contributed by atoms with Gasteiger partial charge in [-0.2, -0.15) is 8.42 Å². The largest absolute Gasteiger partial charge is 0.464 e. The van der Waals surface area contributed by atoms with Crippen LogP contribution in [0, 0.1) is 0 Å². The molecule has 0 atom stereocenters. The van der Waals surface area contributed by atoms with Gasteiger partial charge in [-0.3, -0.25) is 0 Å². The molecule has 0 saturated heterocycles. The fourth-order valence-electron chi connectivity index (χ4n) is 1.44. The Bertz CT molecular complexity index is 719. The molecule has 6 nitrogen and oxygen atoms in total. The normalized spacial score (nSPS) is 17.5. The van der Waals surface area contributed by atoms with Crippen LogP contribution in [-0.4, -0.2) is 38.6 Å². The van der Waals surface area contributed by atoms with E-state index in [1.807, 2.05) is 0 Å². The number of rotatable bonds is 2. The summed E-state index contributed by atoms with van der Waals surface area (Å²) in [6, 6.07) is 1.57. The molecule has 1 aliphatic heterocycles. The summed E-state index contributed by atoms with van der Waals surface area (Å²) in [5.41, 5.74) is 0.0271. The molecule has 0 amide bonds. The van der Waals surface area contributed by atoms with Crippen molar-refractivity contribution in [3.63, 3.8) is 0 Å². The van der Waals surface area contributed by atoms with E-state index < -0.39 is 16.2 Å². The molecule has 1 aromatic heterocycles. The smallest absolute Gasteiger partial charge is 0.355 e. The van der Waals surface area contributed by atoms with Crippen molar-refractivity contribution in [1.82, 2.24) is 4.31 Å². The van der Waals surface area contributed by atoms with E-state index in [1.165, 1.54) is 31.6 Å². The molecule has 20 heavy (non-hydrogen) atoms. The summed E-state index contributed by atoms with van der Waals surface area (Å²) in [4.78, 5) is 12.2. The lowest BCUT2D eigenvalue weighted by Crippen LogP contribution is -2.33. The number of thiophene rings is 1. The maximum absolute atomic E-state index is 11.9. The number of carbonyl (C=O) groups is 1. The van der Waals surface area contributed by atoms with Crippen LogP contribution in [-0.2, 0) is 19.7 Å². The summed E-state index contributed by atoms with van der Waals surface area (Å²) < 4.78 is 33.5. The van der Waals surface area contributed by atoms with Gasteiger partial charge in [0.15, 0.2) is 0 Å². The minimum absolute atomic E-state index is 0.113. The molecule has 108 valence electrons. The summed E-state index contributed by atoms with van der Waals surface area (Å²) in [6.07, 6.45) is 1.35. The standard InChI is InChI=1S/C10H8BrClN2O4S2/c1-14-7(10(15)18-2)4-6(13-20(14,16)17)8-3-5(12)9(11)19-8/h3-4H,1-2H3. The van der Waals surface area contributed by atoms with E-state index in [0.29, 0.717) is 13.7 Å². The Hall–Kier alpha value is -0.900. The molecular formula is C10H8BrClN2O4S2. The molecule has 1 aliphatic rings. The molecular weight excluding hydrogens is 392 g/mol. The molecule has 2 heterocycles. The van der Waals surface area contributed by atoms with E-state index in [-0.39, 0.29) is 11.4 Å². The van der Waals surface area contributed by atoms with Crippen LogP contribution in [0.4, 0.5) is 0 Å². The molecule has 0 saturated carbocycles. The Labute approximate surface area is 133 Å². The van der Waals surface area contributed by atoms with Gasteiger partial charge in [-0.05, 0) is 28.1 Å². The second-order valence-electron chi connectivity index (χ2n) is 3.68. The van der Waals surface area contributed by atoms with Crippen LogP contribution in [0.2, 0.25) is 5.02 Å². The zero-order valence-electron chi connectivity index (χ0n) is 10.3. The second kappa shape index (κ2) is 5.47. The van der Waals surface area contributed by atoms with Crippen LogP contribution in [0.1, 0.15) is 4.88 Å². The fraction of sp³-hybridized carbons (Fsp3) is 0.200. The highest BCUT2D eigenvalue weighted by molar-refractivity contribution is 9.11. The van der Waals surface area contributed by atoms with Gasteiger partial charge in [0.25, 0.3) is 0 Å². The molecule has 0 unspecified atom stereocenters. The maximum atomic E-state index is 11.9. The number of methoxy groups -OCH3 is 1. The van der Waals surface area contributed by atoms with E-state index in [0.717, 1.165) is 4.31 Å². The second-order valence-corrected chi connectivity index (χ2v) is 8.08. The van der Waals surface area contributed by atoms with Crippen molar-refractivity contribution in [3.8, 4) is 0 Å². The van der Waals surface area contributed by atoms with Gasteiger partial charge in [-0.25, -0.2) is 9.10 Å². The molecule has 0 radical (unpaired) electrons. The zero-order valence-corrected chi connectivity index (χ0v) is 14.2. The molecule has 10 heteroatoms. The summed E-state index contributed by atoms with van der Waals surface area (Å²) in [6.45, 7) is 0. The van der Waals surface area contributed by atoms with E-state index >= 15 is 0 Å². The number of halogens is 2. The lowest BCUT2D eigenvalue weighted by molar-refractivity contribution is -0.137. The SMILES string of the molecule is COC(=O)C1=CC(c2cc(Cl)c(Br)s2)=NS(=O)(=O)N1C. The van der Waals surface area contributed by atoms with E-state index in [4.69, 9.17) is 11.6 Å². The number of hydrogen-bond donors (Lipinski definition) is 0. The van der Waals surface area contributed by atoms with E-state index in [9.17, 15) is 13.2 Å². The van der Waals surface area contributed by atoms with Gasteiger partial charge in [0.2, 0.25) is 0 Å². The summed E-state index contributed by atoms with van der Waals surface area (Å²) in [7, 11) is -1.56. The predicted octanol–water partition coefficient (Wildman–Crippen LogP) is 2.20. The van der Waals surface area contributed by atoms with Crippen LogP contribution < -0.4 is 0 Å². The van der Waals surface area contributed by atoms with Crippen molar-refractivity contribution in [2.24, 2.45) is 4.40 Å². The first-order chi connectivity index (χ1) is 9.26. The minimum atomic E-state index is -3.97. The lowest BCUT2D eigenvalue weighted by Gasteiger charge is -2.21. The first-order valence-corrected chi connectivity index (χ1v) is 8.48. The highest BCUT2D eigenvalue weighted by atomic mass is 79.9. The molecule has 0 spiro atoms. The summed E-state index contributed by atoms with van der Waals surface area (Å²) in [5, 5.41) is 0.442. The van der Waals surface area contributed by atoms with Crippen molar-refractivity contribution in [2.75, 3.05) is 14.2 Å². The Kier molecular flexibility index (Phi) is 4.24. The first kappa shape index (κ1) is 15.5. The lowest BCUT2D eigenvalue weighted by atomic mass is 10.2. The van der Waals surface area contributed by atoms with Crippen LogP contribution in [0.25, 0.3) is 0 Å². The Morgan fingerprint density at radius 3 is 2.70 bits per heavy atom. The topological polar surface area (TPSA) is 76.0 Å². The van der Waals surface area contributed by atoms with Gasteiger partial charge in [0, 0.05) is 7.05 Å². The molecule has 1 aromatic rings. The van der Waals surface area contributed by atoms with Gasteiger partial charge in [0.1, 0.15) is 5.70 Å². The third kappa shape index (κ3) is 2.76. The quantitative estimate of drug-likeness (QED) is 0.714. The monoisotopic (exact) mass is 398 g/mol. The van der Waals surface area contributed by atoms with Crippen molar-refractivity contribution in [2.45, 2.75) is 0 Å². The Morgan fingerprint density at radius 2 is 2.20 bits per heavy atom. The van der Waals surface area contributed by atoms with Crippen molar-refractivity contribution < 1.29 is 17.9 Å². The third-order valence-corrected chi connectivity index (χ3v) is 6.28. The molecule has 0 bridgehead atoms. The van der Waals surface area contributed by atoms with Crippen LogP contribution in [0.15, 0.2) is 26.0 Å². The Balaban J connectivity index is 2.58. The average Bonchev–Trinajstić information content (AvgIpc) is 2.72. The van der Waals surface area contributed by atoms with Crippen molar-refractivity contribution in [3.05, 3.63) is 31.5 Å². The van der Waals surface area contributed by atoms with Gasteiger partial charge in [-0.1, -0.05) is 11.6 Å². The van der Waals surface area contributed by atoms with Gasteiger partial charge in [-0.15, -0.1) is 15.7 Å². The number of hydrogen-bond acceptors (Lipinski definition) is 5. The maximum Gasteiger partial charge on any atom is 0.355 e. The number of esters is 1. The molecule has 0 fully saturated rings. The fourth-order valence-corrected chi connectivity index (χ4v) is 4.06. The highest BCUT2D eigenvalue weighted by Gasteiger charge is 2.31. The summed E-state index contributed by atoms with van der Waals surface area (Å²) in [5.74, 6) is -0.759. The van der Waals surface area contributed by atoms with Crippen LogP contribution in [0.3, 0.4) is 0 Å². The average molecular weight is 400 g/mol. The van der Waals surface area contributed by atoms with E-state index in [1.54, 1.807) is 6.07 Å². The number of likely N-dealkylation sites (N-methyl/N-ethyl adjacent to an activating group) is 1. The first-order valence-electron chi connectivity index (χ1n) is 5.10.